The maximum atomic E-state index is 12.0. The van der Waals surface area contributed by atoms with E-state index in [1.807, 2.05) is 42.2 Å². The number of hydrogen-bond acceptors (Lipinski definition) is 8. The minimum absolute atomic E-state index is 0.00520. The molecular weight excluding hydrogens is 430 g/mol. The van der Waals surface area contributed by atoms with Crippen molar-refractivity contribution in [3.8, 4) is 17.2 Å². The number of benzene rings is 2. The molecule has 2 heterocycles. The number of likely N-dealkylation sites (tertiary alicyclic amines) is 1. The fraction of sp³-hybridized carbons (Fsp3) is 0.435. The fourth-order valence-electron chi connectivity index (χ4n) is 4.01. The van der Waals surface area contributed by atoms with Crippen LogP contribution in [0, 0.1) is 0 Å². The maximum absolute atomic E-state index is 12.0. The summed E-state index contributed by atoms with van der Waals surface area (Å²) in [6, 6.07) is 11.9. The van der Waals surface area contributed by atoms with Crippen LogP contribution in [0.2, 0.25) is 0 Å². The highest BCUT2D eigenvalue weighted by atomic mass is 32.2. The van der Waals surface area contributed by atoms with E-state index >= 15 is 0 Å². The van der Waals surface area contributed by atoms with Gasteiger partial charge in [-0.05, 0) is 42.3 Å². The predicted octanol–water partition coefficient (Wildman–Crippen LogP) is 3.77. The molecule has 2 aromatic carbocycles. The predicted molar refractivity (Wildman–Crippen MR) is 124 cm³/mol. The first-order valence-electron chi connectivity index (χ1n) is 10.7. The topological polar surface area (TPSA) is 72.5 Å². The summed E-state index contributed by atoms with van der Waals surface area (Å²) in [6.07, 6.45) is 1.37. The molecule has 1 N–H and O–H groups in total. The molecule has 1 atom stereocenters. The molecular formula is C23H29N3O5S. The average Bonchev–Trinajstić information content (AvgIpc) is 3.30. The fourth-order valence-corrected chi connectivity index (χ4v) is 4.61. The number of ether oxygens (including phenoxy) is 3. The van der Waals surface area contributed by atoms with E-state index < -0.39 is 0 Å². The first kappa shape index (κ1) is 22.6. The standard InChI is InChI=1S/C23H29N3O5S/c1-4-23(27)25-10-9-18(15-25)31-17-6-8-20-19(14-17)26(11-12-30-20)16-5-7-21(28-2)22(13-16)32-24-29-3/h5-8,13-14,18,24H,4,9-12,15H2,1-3H3. The summed E-state index contributed by atoms with van der Waals surface area (Å²) in [4.78, 5) is 24.7. The number of anilines is 2. The van der Waals surface area contributed by atoms with Gasteiger partial charge in [-0.1, -0.05) is 6.92 Å². The second kappa shape index (κ2) is 10.3. The van der Waals surface area contributed by atoms with Gasteiger partial charge in [-0.2, -0.15) is 0 Å². The highest BCUT2D eigenvalue weighted by Gasteiger charge is 2.28. The summed E-state index contributed by atoms with van der Waals surface area (Å²) in [7, 11) is 3.22. The lowest BCUT2D eigenvalue weighted by atomic mass is 10.2. The van der Waals surface area contributed by atoms with Gasteiger partial charge in [0, 0.05) is 31.1 Å². The Balaban J connectivity index is 1.55. The number of carbonyl (C=O) groups excluding carboxylic acids is 1. The molecule has 8 nitrogen and oxygen atoms in total. The summed E-state index contributed by atoms with van der Waals surface area (Å²) < 4.78 is 17.6. The van der Waals surface area contributed by atoms with Crippen molar-refractivity contribution in [2.75, 3.05) is 45.4 Å². The van der Waals surface area contributed by atoms with Crippen molar-refractivity contribution < 1.29 is 23.8 Å². The maximum Gasteiger partial charge on any atom is 0.222 e. The Morgan fingerprint density at radius 3 is 2.88 bits per heavy atom. The molecule has 172 valence electrons. The quantitative estimate of drug-likeness (QED) is 0.473. The van der Waals surface area contributed by atoms with Crippen molar-refractivity contribution in [2.45, 2.75) is 30.8 Å². The first-order chi connectivity index (χ1) is 15.6. The molecule has 1 amide bonds. The van der Waals surface area contributed by atoms with Crippen LogP contribution < -0.4 is 24.0 Å². The van der Waals surface area contributed by atoms with Crippen molar-refractivity contribution in [3.05, 3.63) is 36.4 Å². The third kappa shape index (κ3) is 4.90. The number of amides is 1. The Labute approximate surface area is 192 Å². The van der Waals surface area contributed by atoms with Crippen molar-refractivity contribution in [1.29, 1.82) is 0 Å². The summed E-state index contributed by atoms with van der Waals surface area (Å²) in [5.41, 5.74) is 1.97. The van der Waals surface area contributed by atoms with Gasteiger partial charge in [-0.3, -0.25) is 9.63 Å². The van der Waals surface area contributed by atoms with E-state index in [0.717, 1.165) is 46.5 Å². The number of nitrogens with zero attached hydrogens (tertiary/aromatic N) is 2. The number of nitrogens with one attached hydrogen (secondary N) is 1. The number of methoxy groups -OCH3 is 1. The molecule has 9 heteroatoms. The van der Waals surface area contributed by atoms with Crippen molar-refractivity contribution in [3.63, 3.8) is 0 Å². The number of carbonyl (C=O) groups is 1. The molecule has 0 radical (unpaired) electrons. The second-order valence-corrected chi connectivity index (χ2v) is 8.39. The molecule has 4 rings (SSSR count). The third-order valence-electron chi connectivity index (χ3n) is 5.59. The molecule has 1 fully saturated rings. The molecule has 32 heavy (non-hydrogen) atoms. The number of fused-ring (bicyclic) bond motifs is 1. The van der Waals surface area contributed by atoms with Crippen molar-refractivity contribution >= 4 is 29.2 Å². The largest absolute Gasteiger partial charge is 0.496 e. The van der Waals surface area contributed by atoms with E-state index in [0.29, 0.717) is 26.1 Å². The minimum atomic E-state index is 0.00520. The highest BCUT2D eigenvalue weighted by molar-refractivity contribution is 7.97. The Morgan fingerprint density at radius 1 is 1.22 bits per heavy atom. The summed E-state index contributed by atoms with van der Waals surface area (Å²) in [5, 5.41) is 0. The summed E-state index contributed by atoms with van der Waals surface area (Å²) in [5.74, 6) is 2.54. The number of hydrogen-bond donors (Lipinski definition) is 1. The summed E-state index contributed by atoms with van der Waals surface area (Å²) >= 11 is 1.35. The molecule has 2 aliphatic rings. The van der Waals surface area contributed by atoms with Crippen molar-refractivity contribution in [2.24, 2.45) is 0 Å². The SMILES string of the molecule is CCC(=O)N1CCC(Oc2ccc3c(c2)N(c2ccc(OC)c(SNOC)c2)CCO3)C1. The lowest BCUT2D eigenvalue weighted by molar-refractivity contribution is -0.130. The van der Waals surface area contributed by atoms with E-state index in [2.05, 4.69) is 15.9 Å². The van der Waals surface area contributed by atoms with Gasteiger partial charge in [-0.15, -0.1) is 4.89 Å². The van der Waals surface area contributed by atoms with Gasteiger partial charge in [0.15, 0.2) is 0 Å². The second-order valence-electron chi connectivity index (χ2n) is 7.58. The molecule has 1 unspecified atom stereocenters. The molecule has 1 saturated heterocycles. The molecule has 2 aliphatic heterocycles. The molecule has 0 aliphatic carbocycles. The third-order valence-corrected chi connectivity index (χ3v) is 6.38. The zero-order chi connectivity index (χ0) is 22.5. The van der Waals surface area contributed by atoms with Gasteiger partial charge in [0.2, 0.25) is 5.91 Å². The van der Waals surface area contributed by atoms with E-state index in [-0.39, 0.29) is 12.0 Å². The summed E-state index contributed by atoms with van der Waals surface area (Å²) in [6.45, 7) is 4.58. The molecule has 2 aromatic rings. The molecule has 0 spiro atoms. The zero-order valence-corrected chi connectivity index (χ0v) is 19.4. The Bertz CT molecular complexity index is 957. The van der Waals surface area contributed by atoms with E-state index in [1.165, 1.54) is 11.9 Å². The zero-order valence-electron chi connectivity index (χ0n) is 18.6. The van der Waals surface area contributed by atoms with Gasteiger partial charge >= 0.3 is 0 Å². The Hall–Kier alpha value is -2.62. The van der Waals surface area contributed by atoms with Crippen LogP contribution in [0.25, 0.3) is 0 Å². The van der Waals surface area contributed by atoms with Gasteiger partial charge in [0.05, 0.1) is 37.9 Å². The van der Waals surface area contributed by atoms with Crippen LogP contribution in [0.15, 0.2) is 41.3 Å². The molecule has 0 aromatic heterocycles. The van der Waals surface area contributed by atoms with Crippen LogP contribution in [-0.4, -0.2) is 57.4 Å². The van der Waals surface area contributed by atoms with Crippen LogP contribution >= 0.6 is 11.9 Å². The smallest absolute Gasteiger partial charge is 0.222 e. The van der Waals surface area contributed by atoms with Crippen LogP contribution in [-0.2, 0) is 9.63 Å². The van der Waals surface area contributed by atoms with E-state index in [9.17, 15) is 4.79 Å². The minimum Gasteiger partial charge on any atom is -0.496 e. The van der Waals surface area contributed by atoms with Gasteiger partial charge in [-0.25, -0.2) is 0 Å². The van der Waals surface area contributed by atoms with E-state index in [1.54, 1.807) is 14.2 Å². The van der Waals surface area contributed by atoms with Gasteiger partial charge in [0.25, 0.3) is 0 Å². The molecule has 0 bridgehead atoms. The van der Waals surface area contributed by atoms with Gasteiger partial charge in [0.1, 0.15) is 30.0 Å². The van der Waals surface area contributed by atoms with Gasteiger partial charge < -0.3 is 24.0 Å². The van der Waals surface area contributed by atoms with Crippen LogP contribution in [0.1, 0.15) is 19.8 Å². The lowest BCUT2D eigenvalue weighted by Crippen LogP contribution is -2.30. The van der Waals surface area contributed by atoms with Crippen LogP contribution in [0.3, 0.4) is 0 Å². The number of rotatable bonds is 8. The first-order valence-corrected chi connectivity index (χ1v) is 11.6. The van der Waals surface area contributed by atoms with Crippen molar-refractivity contribution in [1.82, 2.24) is 9.79 Å². The highest BCUT2D eigenvalue weighted by Crippen LogP contribution is 2.41. The van der Waals surface area contributed by atoms with Crippen LogP contribution in [0.5, 0.6) is 17.2 Å². The van der Waals surface area contributed by atoms with Crippen LogP contribution in [0.4, 0.5) is 11.4 Å². The Kier molecular flexibility index (Phi) is 7.29. The Morgan fingerprint density at radius 2 is 2.09 bits per heavy atom. The lowest BCUT2D eigenvalue weighted by Gasteiger charge is -2.32. The average molecular weight is 460 g/mol. The van der Waals surface area contributed by atoms with E-state index in [4.69, 9.17) is 19.0 Å². The normalized spacial score (nSPS) is 17.7. The monoisotopic (exact) mass is 459 g/mol. The molecule has 0 saturated carbocycles.